The molecule has 4 rings (SSSR count). The van der Waals surface area contributed by atoms with Crippen LogP contribution in [0.4, 0.5) is 5.82 Å². The van der Waals surface area contributed by atoms with Crippen LogP contribution in [0.25, 0.3) is 27.6 Å². The number of nitrogens with zero attached hydrogens (tertiary/aromatic N) is 4. The average Bonchev–Trinajstić information content (AvgIpc) is 2.94. The second-order valence-electron chi connectivity index (χ2n) is 5.43. The molecule has 0 saturated carbocycles. The summed E-state index contributed by atoms with van der Waals surface area (Å²) >= 11 is 3.53. The van der Waals surface area contributed by atoms with Gasteiger partial charge in [0.1, 0.15) is 5.52 Å². The monoisotopic (exact) mass is 377 g/mol. The van der Waals surface area contributed by atoms with E-state index >= 15 is 0 Å². The number of hydrogen-bond donors (Lipinski definition) is 1. The van der Waals surface area contributed by atoms with E-state index in [1.54, 1.807) is 0 Å². The summed E-state index contributed by atoms with van der Waals surface area (Å²) in [5.41, 5.74) is 10.4. The maximum absolute atomic E-state index is 8.81. The SMILES string of the molecule is N#CCc1ccc(-n2c(Br)nc3c(N)nc4ccccc4c32)cc1. The highest BCUT2D eigenvalue weighted by molar-refractivity contribution is 9.10. The van der Waals surface area contributed by atoms with Crippen molar-refractivity contribution in [3.05, 3.63) is 58.8 Å². The molecule has 0 saturated heterocycles. The maximum atomic E-state index is 8.81. The minimum atomic E-state index is 0.395. The molecule has 0 aliphatic rings. The van der Waals surface area contributed by atoms with E-state index in [4.69, 9.17) is 11.0 Å². The van der Waals surface area contributed by atoms with Crippen LogP contribution in [0.2, 0.25) is 0 Å². The smallest absolute Gasteiger partial charge is 0.182 e. The molecule has 116 valence electrons. The second-order valence-corrected chi connectivity index (χ2v) is 6.14. The third kappa shape index (κ3) is 2.22. The zero-order valence-corrected chi connectivity index (χ0v) is 14.2. The Balaban J connectivity index is 2.05. The summed E-state index contributed by atoms with van der Waals surface area (Å²) in [6.45, 7) is 0. The highest BCUT2D eigenvalue weighted by Crippen LogP contribution is 2.32. The number of nitriles is 1. The summed E-state index contributed by atoms with van der Waals surface area (Å²) in [5.74, 6) is 0.407. The molecule has 0 amide bonds. The van der Waals surface area contributed by atoms with E-state index in [0.29, 0.717) is 22.5 Å². The van der Waals surface area contributed by atoms with Crippen LogP contribution in [-0.4, -0.2) is 14.5 Å². The highest BCUT2D eigenvalue weighted by atomic mass is 79.9. The van der Waals surface area contributed by atoms with E-state index in [1.807, 2.05) is 53.1 Å². The van der Waals surface area contributed by atoms with Gasteiger partial charge in [-0.1, -0.05) is 30.3 Å². The summed E-state index contributed by atoms with van der Waals surface area (Å²) in [6.07, 6.45) is 0.395. The largest absolute Gasteiger partial charge is 0.382 e. The summed E-state index contributed by atoms with van der Waals surface area (Å²) in [4.78, 5) is 8.97. The summed E-state index contributed by atoms with van der Waals surface area (Å²) in [7, 11) is 0. The first kappa shape index (κ1) is 14.7. The first-order valence-corrected chi connectivity index (χ1v) is 8.17. The fourth-order valence-electron chi connectivity index (χ4n) is 2.86. The van der Waals surface area contributed by atoms with E-state index in [2.05, 4.69) is 32.0 Å². The van der Waals surface area contributed by atoms with Gasteiger partial charge in [0, 0.05) is 11.1 Å². The fourth-order valence-corrected chi connectivity index (χ4v) is 3.42. The molecule has 0 aliphatic heterocycles. The van der Waals surface area contributed by atoms with E-state index in [9.17, 15) is 0 Å². The van der Waals surface area contributed by atoms with Crippen LogP contribution in [0.1, 0.15) is 5.56 Å². The lowest BCUT2D eigenvalue weighted by Gasteiger charge is -2.09. The van der Waals surface area contributed by atoms with Gasteiger partial charge in [0.05, 0.1) is 23.5 Å². The van der Waals surface area contributed by atoms with Crippen LogP contribution < -0.4 is 5.73 Å². The molecule has 2 heterocycles. The molecule has 6 heteroatoms. The van der Waals surface area contributed by atoms with Crippen molar-refractivity contribution in [3.63, 3.8) is 0 Å². The number of fused-ring (bicyclic) bond motifs is 3. The number of rotatable bonds is 2. The Labute approximate surface area is 146 Å². The number of hydrogen-bond acceptors (Lipinski definition) is 4. The standard InChI is InChI=1S/C18H12BrN5/c19-18-23-15-16(13-3-1-2-4-14(13)22-17(15)21)24(18)12-7-5-11(6-8-12)9-10-20/h1-8H,9H2,(H2,21,22). The van der Waals surface area contributed by atoms with E-state index in [-0.39, 0.29) is 0 Å². The fraction of sp³-hybridized carbons (Fsp3) is 0.0556. The Kier molecular flexibility index (Phi) is 3.44. The minimum Gasteiger partial charge on any atom is -0.382 e. The molecule has 0 aliphatic carbocycles. The number of halogens is 1. The first-order valence-electron chi connectivity index (χ1n) is 7.37. The summed E-state index contributed by atoms with van der Waals surface area (Å²) in [6, 6.07) is 17.9. The Bertz CT molecular complexity index is 1110. The van der Waals surface area contributed by atoms with Crippen LogP contribution >= 0.6 is 15.9 Å². The molecule has 5 nitrogen and oxygen atoms in total. The Morgan fingerprint density at radius 1 is 1.08 bits per heavy atom. The van der Waals surface area contributed by atoms with Gasteiger partial charge in [-0.05, 0) is 39.7 Å². The van der Waals surface area contributed by atoms with Crippen molar-refractivity contribution >= 4 is 43.7 Å². The molecular formula is C18H12BrN5. The molecule has 0 atom stereocenters. The molecule has 2 N–H and O–H groups in total. The van der Waals surface area contributed by atoms with Gasteiger partial charge in [0.15, 0.2) is 10.6 Å². The lowest BCUT2D eigenvalue weighted by molar-refractivity contribution is 1.04. The van der Waals surface area contributed by atoms with Crippen molar-refractivity contribution in [2.24, 2.45) is 0 Å². The number of pyridine rings is 1. The lowest BCUT2D eigenvalue weighted by atomic mass is 10.1. The summed E-state index contributed by atoms with van der Waals surface area (Å²) < 4.78 is 2.67. The quantitative estimate of drug-likeness (QED) is 0.572. The third-order valence-electron chi connectivity index (χ3n) is 3.96. The number of nitrogen functional groups attached to an aromatic ring is 1. The molecule has 0 fully saturated rings. The molecule has 0 radical (unpaired) electrons. The number of nitrogens with two attached hydrogens (primary N) is 1. The number of para-hydroxylation sites is 1. The average molecular weight is 378 g/mol. The lowest BCUT2D eigenvalue weighted by Crippen LogP contribution is -1.97. The van der Waals surface area contributed by atoms with Gasteiger partial charge in [-0.3, -0.25) is 4.57 Å². The van der Waals surface area contributed by atoms with Crippen LogP contribution in [0.15, 0.2) is 53.3 Å². The van der Waals surface area contributed by atoms with Gasteiger partial charge in [-0.15, -0.1) is 0 Å². The van der Waals surface area contributed by atoms with Crippen molar-refractivity contribution in [1.82, 2.24) is 14.5 Å². The Morgan fingerprint density at radius 2 is 1.83 bits per heavy atom. The van der Waals surface area contributed by atoms with E-state index in [1.165, 1.54) is 0 Å². The van der Waals surface area contributed by atoms with Gasteiger partial charge in [-0.25, -0.2) is 9.97 Å². The van der Waals surface area contributed by atoms with Gasteiger partial charge < -0.3 is 5.73 Å². The molecule has 0 spiro atoms. The highest BCUT2D eigenvalue weighted by Gasteiger charge is 2.16. The predicted molar refractivity (Wildman–Crippen MR) is 97.8 cm³/mol. The Morgan fingerprint density at radius 3 is 2.58 bits per heavy atom. The maximum Gasteiger partial charge on any atom is 0.182 e. The molecular weight excluding hydrogens is 366 g/mol. The van der Waals surface area contributed by atoms with Crippen molar-refractivity contribution in [3.8, 4) is 11.8 Å². The van der Waals surface area contributed by atoms with Crippen molar-refractivity contribution in [1.29, 1.82) is 5.26 Å². The zero-order valence-electron chi connectivity index (χ0n) is 12.6. The van der Waals surface area contributed by atoms with Gasteiger partial charge in [-0.2, -0.15) is 5.26 Å². The Hall–Kier alpha value is -2.91. The molecule has 24 heavy (non-hydrogen) atoms. The molecule has 2 aromatic carbocycles. The van der Waals surface area contributed by atoms with Crippen LogP contribution in [-0.2, 0) is 6.42 Å². The second kappa shape index (κ2) is 5.62. The van der Waals surface area contributed by atoms with Crippen molar-refractivity contribution in [2.45, 2.75) is 6.42 Å². The number of benzene rings is 2. The first-order chi connectivity index (χ1) is 11.7. The van der Waals surface area contributed by atoms with Crippen molar-refractivity contribution in [2.75, 3.05) is 5.73 Å². The topological polar surface area (TPSA) is 80.5 Å². The third-order valence-corrected chi connectivity index (χ3v) is 4.49. The molecule has 2 aromatic heterocycles. The molecule has 0 bridgehead atoms. The predicted octanol–water partition coefficient (Wildman–Crippen LogP) is 3.98. The molecule has 4 aromatic rings. The molecule has 0 unspecified atom stereocenters. The van der Waals surface area contributed by atoms with Gasteiger partial charge >= 0.3 is 0 Å². The summed E-state index contributed by atoms with van der Waals surface area (Å²) in [5, 5.41) is 9.80. The number of anilines is 1. The number of aromatic nitrogens is 3. The van der Waals surface area contributed by atoms with E-state index in [0.717, 1.165) is 27.7 Å². The normalized spacial score (nSPS) is 11.0. The van der Waals surface area contributed by atoms with Crippen LogP contribution in [0, 0.1) is 11.3 Å². The van der Waals surface area contributed by atoms with Gasteiger partial charge in [0.2, 0.25) is 0 Å². The van der Waals surface area contributed by atoms with E-state index < -0.39 is 0 Å². The van der Waals surface area contributed by atoms with Gasteiger partial charge in [0.25, 0.3) is 0 Å². The van der Waals surface area contributed by atoms with Crippen LogP contribution in [0.3, 0.4) is 0 Å². The zero-order chi connectivity index (χ0) is 16.7. The number of imidazole rings is 1. The minimum absolute atomic E-state index is 0.395. The van der Waals surface area contributed by atoms with Crippen LogP contribution in [0.5, 0.6) is 0 Å². The van der Waals surface area contributed by atoms with Crippen molar-refractivity contribution < 1.29 is 0 Å².